The summed E-state index contributed by atoms with van der Waals surface area (Å²) in [4.78, 5) is 15.0. The molecule has 0 bridgehead atoms. The van der Waals surface area contributed by atoms with E-state index in [2.05, 4.69) is 163 Å². The minimum Gasteiger partial charge on any atom is -0.456 e. The van der Waals surface area contributed by atoms with Crippen LogP contribution in [0.25, 0.3) is 122 Å². The Balaban J connectivity index is 1.09. The van der Waals surface area contributed by atoms with Crippen LogP contribution >= 0.6 is 0 Å². The van der Waals surface area contributed by atoms with Gasteiger partial charge in [0.2, 0.25) is 0 Å². The van der Waals surface area contributed by atoms with E-state index in [0.717, 1.165) is 111 Å². The van der Waals surface area contributed by atoms with E-state index in [1.54, 1.807) is 6.20 Å². The average molecular weight is 768 g/mol. The van der Waals surface area contributed by atoms with Gasteiger partial charge in [-0.2, -0.15) is 0 Å². The highest BCUT2D eigenvalue weighted by Gasteiger charge is 2.17. The van der Waals surface area contributed by atoms with Gasteiger partial charge in [0.15, 0.2) is 5.82 Å². The third-order valence-corrected chi connectivity index (χ3v) is 11.5. The molecule has 0 amide bonds. The topological polar surface area (TPSA) is 65.0 Å². The van der Waals surface area contributed by atoms with Crippen molar-refractivity contribution in [3.8, 4) is 67.3 Å². The van der Waals surface area contributed by atoms with Crippen LogP contribution in [0.2, 0.25) is 0 Å². The Hall–Kier alpha value is -8.15. The van der Waals surface area contributed by atoms with E-state index in [9.17, 15) is 0 Å². The van der Waals surface area contributed by atoms with Gasteiger partial charge in [0, 0.05) is 56.2 Å². The van der Waals surface area contributed by atoms with Crippen molar-refractivity contribution in [2.45, 2.75) is 0 Å². The van der Waals surface area contributed by atoms with Crippen molar-refractivity contribution < 1.29 is 8.83 Å². The molecular formula is C55H33N3O2. The minimum atomic E-state index is 0.644. The van der Waals surface area contributed by atoms with E-state index in [0.29, 0.717) is 5.82 Å². The number of hydrogen-bond acceptors (Lipinski definition) is 5. The number of aromatic nitrogens is 3. The maximum Gasteiger partial charge on any atom is 0.160 e. The Morgan fingerprint density at radius 2 is 0.833 bits per heavy atom. The summed E-state index contributed by atoms with van der Waals surface area (Å²) in [6.07, 6.45) is 3.68. The molecule has 12 aromatic rings. The quantitative estimate of drug-likeness (QED) is 0.169. The van der Waals surface area contributed by atoms with Crippen LogP contribution in [-0.2, 0) is 0 Å². The van der Waals surface area contributed by atoms with E-state index in [-0.39, 0.29) is 0 Å². The van der Waals surface area contributed by atoms with Crippen molar-refractivity contribution >= 4 is 54.6 Å². The average Bonchev–Trinajstić information content (AvgIpc) is 3.89. The first-order valence-electron chi connectivity index (χ1n) is 20.0. The summed E-state index contributed by atoms with van der Waals surface area (Å²) in [5.74, 6) is 0.644. The fourth-order valence-electron chi connectivity index (χ4n) is 8.51. The third kappa shape index (κ3) is 5.91. The van der Waals surface area contributed by atoms with E-state index >= 15 is 0 Å². The monoisotopic (exact) mass is 767 g/mol. The number of hydrogen-bond donors (Lipinski definition) is 0. The Kier molecular flexibility index (Phi) is 7.78. The van der Waals surface area contributed by atoms with Crippen LogP contribution in [0.3, 0.4) is 0 Å². The maximum absolute atomic E-state index is 6.24. The van der Waals surface area contributed by atoms with Crippen LogP contribution in [0.5, 0.6) is 0 Å². The molecule has 0 aliphatic heterocycles. The van der Waals surface area contributed by atoms with Gasteiger partial charge in [-0.3, -0.25) is 4.98 Å². The predicted octanol–water partition coefficient (Wildman–Crippen LogP) is 14.8. The zero-order chi connectivity index (χ0) is 39.6. The highest BCUT2D eigenvalue weighted by Crippen LogP contribution is 2.39. The number of para-hydroxylation sites is 2. The van der Waals surface area contributed by atoms with E-state index < -0.39 is 0 Å². The molecular weight excluding hydrogens is 735 g/mol. The lowest BCUT2D eigenvalue weighted by Crippen LogP contribution is -1.97. The third-order valence-electron chi connectivity index (χ3n) is 11.5. The fourth-order valence-corrected chi connectivity index (χ4v) is 8.51. The van der Waals surface area contributed by atoms with Gasteiger partial charge >= 0.3 is 0 Å². The van der Waals surface area contributed by atoms with Gasteiger partial charge < -0.3 is 8.83 Å². The summed E-state index contributed by atoms with van der Waals surface area (Å²) in [7, 11) is 0. The van der Waals surface area contributed by atoms with Gasteiger partial charge in [-0.1, -0.05) is 109 Å². The molecule has 0 fully saturated rings. The second kappa shape index (κ2) is 13.8. The predicted molar refractivity (Wildman–Crippen MR) is 245 cm³/mol. The second-order valence-corrected chi connectivity index (χ2v) is 15.3. The SMILES string of the molecule is c1cncc(-c2cccc(-c3nc(-c4cc(-c5ccc6oc7ccccc7c6c5)cc(-c5ccc6oc7ccccc7c6c5)c4)cc(-c4ccc5ccccc5c4)n3)c2)c1. The smallest absolute Gasteiger partial charge is 0.160 e. The number of benzene rings is 8. The number of rotatable bonds is 6. The summed E-state index contributed by atoms with van der Waals surface area (Å²) < 4.78 is 12.5. The van der Waals surface area contributed by atoms with Gasteiger partial charge in [-0.25, -0.2) is 9.97 Å². The van der Waals surface area contributed by atoms with Crippen LogP contribution in [0.15, 0.2) is 209 Å². The highest BCUT2D eigenvalue weighted by molar-refractivity contribution is 6.08. The van der Waals surface area contributed by atoms with Crippen molar-refractivity contribution in [2.24, 2.45) is 0 Å². The molecule has 4 aromatic heterocycles. The molecule has 0 radical (unpaired) electrons. The lowest BCUT2D eigenvalue weighted by molar-refractivity contribution is 0.668. The molecule has 4 heterocycles. The van der Waals surface area contributed by atoms with Crippen LogP contribution in [0, 0.1) is 0 Å². The van der Waals surface area contributed by atoms with Crippen LogP contribution in [0.4, 0.5) is 0 Å². The Morgan fingerprint density at radius 3 is 1.52 bits per heavy atom. The van der Waals surface area contributed by atoms with Gasteiger partial charge in [-0.15, -0.1) is 0 Å². The number of pyridine rings is 1. The largest absolute Gasteiger partial charge is 0.456 e. The number of nitrogens with zero attached hydrogens (tertiary/aromatic N) is 3. The molecule has 5 nitrogen and oxygen atoms in total. The molecule has 0 aliphatic carbocycles. The molecule has 5 heteroatoms. The van der Waals surface area contributed by atoms with Crippen LogP contribution in [-0.4, -0.2) is 15.0 Å². The van der Waals surface area contributed by atoms with E-state index in [1.807, 2.05) is 36.5 Å². The van der Waals surface area contributed by atoms with Gasteiger partial charge in [0.05, 0.1) is 11.4 Å². The molecule has 60 heavy (non-hydrogen) atoms. The summed E-state index contributed by atoms with van der Waals surface area (Å²) in [6, 6.07) is 65.7. The number of furan rings is 2. The summed E-state index contributed by atoms with van der Waals surface area (Å²) >= 11 is 0. The van der Waals surface area contributed by atoms with Gasteiger partial charge in [-0.05, 0) is 117 Å². The molecule has 0 saturated heterocycles. The first-order chi connectivity index (χ1) is 29.7. The molecule has 0 unspecified atom stereocenters. The molecule has 0 aliphatic rings. The van der Waals surface area contributed by atoms with Crippen molar-refractivity contribution in [1.29, 1.82) is 0 Å². The van der Waals surface area contributed by atoms with E-state index in [4.69, 9.17) is 18.8 Å². The van der Waals surface area contributed by atoms with Crippen molar-refractivity contribution in [1.82, 2.24) is 15.0 Å². The number of fused-ring (bicyclic) bond motifs is 7. The van der Waals surface area contributed by atoms with Crippen molar-refractivity contribution in [3.63, 3.8) is 0 Å². The lowest BCUT2D eigenvalue weighted by Gasteiger charge is -2.14. The maximum atomic E-state index is 6.24. The molecule has 12 rings (SSSR count). The zero-order valence-corrected chi connectivity index (χ0v) is 32.2. The molecule has 0 N–H and O–H groups in total. The minimum absolute atomic E-state index is 0.644. The zero-order valence-electron chi connectivity index (χ0n) is 32.2. The molecule has 8 aromatic carbocycles. The summed E-state index contributed by atoms with van der Waals surface area (Å²) in [5.41, 5.74) is 14.5. The van der Waals surface area contributed by atoms with E-state index in [1.165, 1.54) is 5.39 Å². The lowest BCUT2D eigenvalue weighted by atomic mass is 9.93. The van der Waals surface area contributed by atoms with Crippen LogP contribution < -0.4 is 0 Å². The normalized spacial score (nSPS) is 11.7. The molecule has 0 saturated carbocycles. The molecule has 0 atom stereocenters. The standard InChI is InChI=1S/C55H33N3O2/c1-2-10-35-25-39(19-18-34(35)9-1)49-32-50(58-55(57-49)40-12-7-11-36(26-40)41-13-8-24-56-33-41)44-28-42(37-20-22-53-47(30-37)45-14-3-5-16-51(45)59-53)27-43(29-44)38-21-23-54-48(31-38)46-15-4-6-17-52(46)60-54/h1-33H. The Labute approximate surface area is 344 Å². The summed E-state index contributed by atoms with van der Waals surface area (Å²) in [6.45, 7) is 0. The molecule has 280 valence electrons. The van der Waals surface area contributed by atoms with Crippen molar-refractivity contribution in [2.75, 3.05) is 0 Å². The highest BCUT2D eigenvalue weighted by atomic mass is 16.3. The van der Waals surface area contributed by atoms with Gasteiger partial charge in [0.1, 0.15) is 22.3 Å². The Morgan fingerprint density at radius 1 is 0.300 bits per heavy atom. The first kappa shape index (κ1) is 33.9. The Bertz CT molecular complexity index is 3490. The van der Waals surface area contributed by atoms with Crippen LogP contribution in [0.1, 0.15) is 0 Å². The van der Waals surface area contributed by atoms with Crippen molar-refractivity contribution in [3.05, 3.63) is 200 Å². The first-order valence-corrected chi connectivity index (χ1v) is 20.0. The summed E-state index contributed by atoms with van der Waals surface area (Å²) in [5, 5.41) is 6.69. The fraction of sp³-hybridized carbons (Fsp3) is 0. The molecule has 0 spiro atoms. The van der Waals surface area contributed by atoms with Gasteiger partial charge in [0.25, 0.3) is 0 Å². The second-order valence-electron chi connectivity index (χ2n) is 15.3.